The molecule has 0 amide bonds. The molecule has 2 unspecified atom stereocenters. The molecule has 0 aliphatic carbocycles. The maximum Gasteiger partial charge on any atom is 0.161 e. The number of rotatable bonds is 5. The number of likely N-dealkylation sites (N-methyl/N-ethyl adjacent to an activating group) is 3. The van der Waals surface area contributed by atoms with E-state index in [1.165, 1.54) is 6.42 Å². The van der Waals surface area contributed by atoms with Crippen LogP contribution in [0, 0.1) is 0 Å². The standard InChI is InChI=1S/C15H29N5O/c1-6-20-15(13(21-5)10-17-20)14(16-2)12-11-18(3)8-7-9-19(12)4/h10,12,14,16H,6-9,11H2,1-5H3. The van der Waals surface area contributed by atoms with Crippen LogP contribution in [0.3, 0.4) is 0 Å². The molecule has 0 spiro atoms. The Hall–Kier alpha value is -1.11. The first-order valence-electron chi connectivity index (χ1n) is 7.78. The lowest BCUT2D eigenvalue weighted by molar-refractivity contribution is 0.176. The summed E-state index contributed by atoms with van der Waals surface area (Å²) in [6.45, 7) is 6.28. The largest absolute Gasteiger partial charge is 0.493 e. The third-order valence-corrected chi connectivity index (χ3v) is 4.47. The topological polar surface area (TPSA) is 45.6 Å². The van der Waals surface area contributed by atoms with Crippen LogP contribution in [0.2, 0.25) is 0 Å². The van der Waals surface area contributed by atoms with Crippen molar-refractivity contribution >= 4 is 0 Å². The number of nitrogens with one attached hydrogen (secondary N) is 1. The van der Waals surface area contributed by atoms with Gasteiger partial charge in [-0.25, -0.2) is 0 Å². The van der Waals surface area contributed by atoms with E-state index in [1.54, 1.807) is 7.11 Å². The van der Waals surface area contributed by atoms with Gasteiger partial charge in [0.25, 0.3) is 0 Å². The van der Waals surface area contributed by atoms with E-state index in [4.69, 9.17) is 4.74 Å². The van der Waals surface area contributed by atoms with Crippen molar-refractivity contribution in [3.05, 3.63) is 11.9 Å². The average Bonchev–Trinajstić information content (AvgIpc) is 2.81. The van der Waals surface area contributed by atoms with E-state index in [0.717, 1.165) is 37.6 Å². The number of methoxy groups -OCH3 is 1. The van der Waals surface area contributed by atoms with E-state index in [1.807, 2.05) is 17.9 Å². The fraction of sp³-hybridized carbons (Fsp3) is 0.800. The Morgan fingerprint density at radius 3 is 2.81 bits per heavy atom. The molecule has 2 rings (SSSR count). The Bertz CT molecular complexity index is 426. The van der Waals surface area contributed by atoms with Crippen molar-refractivity contribution in [3.63, 3.8) is 0 Å². The van der Waals surface area contributed by atoms with Gasteiger partial charge in [-0.2, -0.15) is 5.10 Å². The van der Waals surface area contributed by atoms with Crippen molar-refractivity contribution < 1.29 is 4.74 Å². The fourth-order valence-electron chi connectivity index (χ4n) is 3.28. The van der Waals surface area contributed by atoms with E-state index in [2.05, 4.69) is 41.2 Å². The molecule has 1 aromatic heterocycles. The van der Waals surface area contributed by atoms with Gasteiger partial charge in [0.05, 0.1) is 25.0 Å². The second kappa shape index (κ2) is 7.24. The molecule has 2 heterocycles. The van der Waals surface area contributed by atoms with Crippen LogP contribution in [0.4, 0.5) is 0 Å². The van der Waals surface area contributed by atoms with Gasteiger partial charge < -0.3 is 19.9 Å². The third-order valence-electron chi connectivity index (χ3n) is 4.47. The highest BCUT2D eigenvalue weighted by Crippen LogP contribution is 2.30. The number of hydrogen-bond acceptors (Lipinski definition) is 5. The molecule has 1 fully saturated rings. The van der Waals surface area contributed by atoms with E-state index in [9.17, 15) is 0 Å². The summed E-state index contributed by atoms with van der Waals surface area (Å²) in [5.74, 6) is 0.872. The summed E-state index contributed by atoms with van der Waals surface area (Å²) in [5, 5.41) is 7.95. The van der Waals surface area contributed by atoms with Crippen molar-refractivity contribution in [2.45, 2.75) is 32.0 Å². The average molecular weight is 295 g/mol. The molecule has 1 aliphatic rings. The predicted octanol–water partition coefficient (Wildman–Crippen LogP) is 0.808. The maximum absolute atomic E-state index is 5.54. The van der Waals surface area contributed by atoms with E-state index in [0.29, 0.717) is 6.04 Å². The molecule has 1 saturated heterocycles. The van der Waals surface area contributed by atoms with Crippen LogP contribution < -0.4 is 10.1 Å². The summed E-state index contributed by atoms with van der Waals surface area (Å²) in [6.07, 6.45) is 3.04. The predicted molar refractivity (Wildman–Crippen MR) is 84.8 cm³/mol. The number of hydrogen-bond donors (Lipinski definition) is 1. The molecule has 2 atom stereocenters. The van der Waals surface area contributed by atoms with Gasteiger partial charge in [0, 0.05) is 19.1 Å². The highest BCUT2D eigenvalue weighted by molar-refractivity contribution is 5.30. The summed E-state index contributed by atoms with van der Waals surface area (Å²) < 4.78 is 7.58. The Balaban J connectivity index is 2.35. The molecule has 0 bridgehead atoms. The molecule has 21 heavy (non-hydrogen) atoms. The van der Waals surface area contributed by atoms with Gasteiger partial charge in [-0.05, 0) is 47.6 Å². The number of ether oxygens (including phenoxy) is 1. The molecule has 1 aliphatic heterocycles. The molecule has 0 aromatic carbocycles. The quantitative estimate of drug-likeness (QED) is 0.871. The molecular formula is C15H29N5O. The van der Waals surface area contributed by atoms with Crippen molar-refractivity contribution in [2.75, 3.05) is 47.9 Å². The Labute approximate surface area is 128 Å². The SMILES string of the molecule is CCn1ncc(OC)c1C(NC)C1CN(C)CCCN1C. The third kappa shape index (κ3) is 3.39. The summed E-state index contributed by atoms with van der Waals surface area (Å²) in [4.78, 5) is 4.87. The van der Waals surface area contributed by atoms with E-state index < -0.39 is 0 Å². The second-order valence-electron chi connectivity index (χ2n) is 5.84. The lowest BCUT2D eigenvalue weighted by Crippen LogP contribution is -2.47. The highest BCUT2D eigenvalue weighted by atomic mass is 16.5. The van der Waals surface area contributed by atoms with Crippen LogP contribution in [-0.4, -0.2) is 73.5 Å². The van der Waals surface area contributed by atoms with Gasteiger partial charge in [0.2, 0.25) is 0 Å². The Morgan fingerprint density at radius 1 is 1.43 bits per heavy atom. The van der Waals surface area contributed by atoms with E-state index >= 15 is 0 Å². The zero-order valence-electron chi connectivity index (χ0n) is 14.0. The zero-order chi connectivity index (χ0) is 15.4. The molecule has 0 saturated carbocycles. The van der Waals surface area contributed by atoms with Crippen LogP contribution in [0.1, 0.15) is 25.1 Å². The van der Waals surface area contributed by atoms with Gasteiger partial charge in [-0.1, -0.05) is 0 Å². The van der Waals surface area contributed by atoms with E-state index in [-0.39, 0.29) is 6.04 Å². The molecule has 1 N–H and O–H groups in total. The first kappa shape index (κ1) is 16.3. The molecule has 0 radical (unpaired) electrons. The Morgan fingerprint density at radius 2 is 2.19 bits per heavy atom. The van der Waals surface area contributed by atoms with Gasteiger partial charge in [0.15, 0.2) is 5.75 Å². The van der Waals surface area contributed by atoms with Gasteiger partial charge in [0.1, 0.15) is 0 Å². The van der Waals surface area contributed by atoms with Gasteiger partial charge >= 0.3 is 0 Å². The minimum atomic E-state index is 0.202. The van der Waals surface area contributed by atoms with Crippen molar-refractivity contribution in [1.82, 2.24) is 24.9 Å². The molecule has 6 heteroatoms. The summed E-state index contributed by atoms with van der Waals surface area (Å²) in [6, 6.07) is 0.603. The van der Waals surface area contributed by atoms with Gasteiger partial charge in [-0.3, -0.25) is 4.68 Å². The van der Waals surface area contributed by atoms with Crippen LogP contribution in [0.5, 0.6) is 5.75 Å². The van der Waals surface area contributed by atoms with Crippen LogP contribution in [-0.2, 0) is 6.54 Å². The lowest BCUT2D eigenvalue weighted by atomic mass is 10.0. The second-order valence-corrected chi connectivity index (χ2v) is 5.84. The monoisotopic (exact) mass is 295 g/mol. The van der Waals surface area contributed by atoms with Crippen LogP contribution in [0.25, 0.3) is 0 Å². The molecular weight excluding hydrogens is 266 g/mol. The van der Waals surface area contributed by atoms with Crippen molar-refractivity contribution in [2.24, 2.45) is 0 Å². The summed E-state index contributed by atoms with van der Waals surface area (Å²) in [7, 11) is 8.16. The molecule has 120 valence electrons. The van der Waals surface area contributed by atoms with Crippen LogP contribution >= 0.6 is 0 Å². The maximum atomic E-state index is 5.54. The minimum Gasteiger partial charge on any atom is -0.493 e. The van der Waals surface area contributed by atoms with Crippen molar-refractivity contribution in [3.8, 4) is 5.75 Å². The number of nitrogens with zero attached hydrogens (tertiary/aromatic N) is 4. The summed E-state index contributed by atoms with van der Waals surface area (Å²) >= 11 is 0. The fourth-order valence-corrected chi connectivity index (χ4v) is 3.28. The van der Waals surface area contributed by atoms with Crippen molar-refractivity contribution in [1.29, 1.82) is 0 Å². The zero-order valence-corrected chi connectivity index (χ0v) is 14.0. The minimum absolute atomic E-state index is 0.202. The normalized spacial score (nSPS) is 23.0. The first-order valence-corrected chi connectivity index (χ1v) is 7.78. The summed E-state index contributed by atoms with van der Waals surface area (Å²) in [5.41, 5.74) is 1.15. The van der Waals surface area contributed by atoms with Gasteiger partial charge in [-0.15, -0.1) is 0 Å². The molecule has 6 nitrogen and oxygen atoms in total. The number of aryl methyl sites for hydroxylation is 1. The Kier molecular flexibility index (Phi) is 5.61. The smallest absolute Gasteiger partial charge is 0.161 e. The first-order chi connectivity index (χ1) is 10.1. The number of aromatic nitrogens is 2. The lowest BCUT2D eigenvalue weighted by Gasteiger charge is -2.34. The molecule has 1 aromatic rings. The highest BCUT2D eigenvalue weighted by Gasteiger charge is 2.32. The van der Waals surface area contributed by atoms with Crippen LogP contribution in [0.15, 0.2) is 6.20 Å².